The largest absolute Gasteiger partial charge is 0.396 e. The molecule has 0 heterocycles. The summed E-state index contributed by atoms with van der Waals surface area (Å²) >= 11 is 0. The van der Waals surface area contributed by atoms with Crippen LogP contribution in [0.15, 0.2) is 54.6 Å². The highest BCUT2D eigenvalue weighted by Crippen LogP contribution is 2.16. The standard InChI is InChI=1S/C20H24N2O3/c1-3-20(2,13-14-23)22-19(25)16-11-9-15(10-12-16)18(24)21-17-7-5-4-6-8-17/h4-12,23H,3,13-14H2,1-2H3,(H,21,24)(H,22,25). The van der Waals surface area contributed by atoms with Crippen molar-refractivity contribution in [3.63, 3.8) is 0 Å². The van der Waals surface area contributed by atoms with Gasteiger partial charge in [0.15, 0.2) is 0 Å². The molecule has 0 radical (unpaired) electrons. The van der Waals surface area contributed by atoms with Gasteiger partial charge in [-0.2, -0.15) is 0 Å². The summed E-state index contributed by atoms with van der Waals surface area (Å²) in [6.45, 7) is 3.89. The van der Waals surface area contributed by atoms with Gasteiger partial charge in [-0.1, -0.05) is 25.1 Å². The van der Waals surface area contributed by atoms with E-state index in [4.69, 9.17) is 5.11 Å². The zero-order valence-electron chi connectivity index (χ0n) is 14.6. The van der Waals surface area contributed by atoms with Crippen LogP contribution < -0.4 is 10.6 Å². The van der Waals surface area contributed by atoms with Crippen molar-refractivity contribution in [2.24, 2.45) is 0 Å². The van der Waals surface area contributed by atoms with Crippen LogP contribution in [-0.4, -0.2) is 29.1 Å². The minimum Gasteiger partial charge on any atom is -0.396 e. The van der Waals surface area contributed by atoms with Crippen LogP contribution in [0.4, 0.5) is 5.69 Å². The Bertz CT molecular complexity index is 713. The maximum absolute atomic E-state index is 12.4. The molecule has 0 aromatic heterocycles. The van der Waals surface area contributed by atoms with Gasteiger partial charge < -0.3 is 15.7 Å². The molecule has 0 saturated heterocycles. The summed E-state index contributed by atoms with van der Waals surface area (Å²) in [5.41, 5.74) is 1.23. The first-order chi connectivity index (χ1) is 12.0. The molecule has 25 heavy (non-hydrogen) atoms. The second-order valence-corrected chi connectivity index (χ2v) is 6.24. The van der Waals surface area contributed by atoms with Crippen molar-refractivity contribution in [3.05, 3.63) is 65.7 Å². The van der Waals surface area contributed by atoms with E-state index in [1.54, 1.807) is 24.3 Å². The van der Waals surface area contributed by atoms with Gasteiger partial charge in [0.2, 0.25) is 0 Å². The minimum absolute atomic E-state index is 0.0171. The number of rotatable bonds is 7. The van der Waals surface area contributed by atoms with Crippen LogP contribution in [0.2, 0.25) is 0 Å². The lowest BCUT2D eigenvalue weighted by Gasteiger charge is -2.29. The first-order valence-electron chi connectivity index (χ1n) is 8.37. The molecule has 0 spiro atoms. The Morgan fingerprint density at radius 2 is 1.52 bits per heavy atom. The molecule has 2 aromatic rings. The number of benzene rings is 2. The molecule has 2 rings (SSSR count). The van der Waals surface area contributed by atoms with Gasteiger partial charge in [-0.25, -0.2) is 0 Å². The van der Waals surface area contributed by atoms with Crippen LogP contribution in [0, 0.1) is 0 Å². The fraction of sp³-hybridized carbons (Fsp3) is 0.300. The Morgan fingerprint density at radius 1 is 0.960 bits per heavy atom. The molecule has 0 saturated carbocycles. The average molecular weight is 340 g/mol. The number of nitrogens with one attached hydrogen (secondary N) is 2. The van der Waals surface area contributed by atoms with Crippen LogP contribution in [0.25, 0.3) is 0 Å². The first-order valence-corrected chi connectivity index (χ1v) is 8.37. The third-order valence-electron chi connectivity index (χ3n) is 4.30. The van der Waals surface area contributed by atoms with Gasteiger partial charge in [0, 0.05) is 29.0 Å². The molecular weight excluding hydrogens is 316 g/mol. The molecule has 132 valence electrons. The molecule has 0 aliphatic rings. The molecular formula is C20H24N2O3. The maximum Gasteiger partial charge on any atom is 0.255 e. The average Bonchev–Trinajstić information content (AvgIpc) is 2.63. The van der Waals surface area contributed by atoms with Gasteiger partial charge in [-0.15, -0.1) is 0 Å². The predicted molar refractivity (Wildman–Crippen MR) is 98.7 cm³/mol. The zero-order valence-corrected chi connectivity index (χ0v) is 14.6. The van der Waals surface area contributed by atoms with E-state index < -0.39 is 5.54 Å². The summed E-state index contributed by atoms with van der Waals surface area (Å²) in [7, 11) is 0. The molecule has 1 unspecified atom stereocenters. The van der Waals surface area contributed by atoms with Crippen molar-refractivity contribution < 1.29 is 14.7 Å². The second-order valence-electron chi connectivity index (χ2n) is 6.24. The normalized spacial score (nSPS) is 12.9. The summed E-state index contributed by atoms with van der Waals surface area (Å²) in [6.07, 6.45) is 1.21. The van der Waals surface area contributed by atoms with Gasteiger partial charge >= 0.3 is 0 Å². The van der Waals surface area contributed by atoms with Crippen molar-refractivity contribution in [1.29, 1.82) is 0 Å². The van der Waals surface area contributed by atoms with Crippen molar-refractivity contribution in [3.8, 4) is 0 Å². The summed E-state index contributed by atoms with van der Waals surface area (Å²) < 4.78 is 0. The lowest BCUT2D eigenvalue weighted by atomic mass is 9.94. The SMILES string of the molecule is CCC(C)(CCO)NC(=O)c1ccc(C(=O)Nc2ccccc2)cc1. The number of carbonyl (C=O) groups excluding carboxylic acids is 2. The molecule has 5 nitrogen and oxygen atoms in total. The number of anilines is 1. The van der Waals surface area contributed by atoms with E-state index in [-0.39, 0.29) is 18.4 Å². The van der Waals surface area contributed by atoms with Gasteiger partial charge in [0.1, 0.15) is 0 Å². The highest BCUT2D eigenvalue weighted by Gasteiger charge is 2.24. The van der Waals surface area contributed by atoms with Crippen LogP contribution >= 0.6 is 0 Å². The molecule has 2 aromatic carbocycles. The van der Waals surface area contributed by atoms with E-state index in [2.05, 4.69) is 10.6 Å². The number of hydrogen-bond donors (Lipinski definition) is 3. The number of carbonyl (C=O) groups is 2. The first kappa shape index (κ1) is 18.7. The van der Waals surface area contributed by atoms with E-state index in [1.807, 2.05) is 44.2 Å². The fourth-order valence-electron chi connectivity index (χ4n) is 2.42. The Morgan fingerprint density at radius 3 is 2.04 bits per heavy atom. The van der Waals surface area contributed by atoms with Gasteiger partial charge in [-0.05, 0) is 56.2 Å². The van der Waals surface area contributed by atoms with Crippen LogP contribution in [0.1, 0.15) is 47.4 Å². The van der Waals surface area contributed by atoms with E-state index in [0.29, 0.717) is 17.5 Å². The van der Waals surface area contributed by atoms with Crippen LogP contribution in [-0.2, 0) is 0 Å². The summed E-state index contributed by atoms with van der Waals surface area (Å²) in [5.74, 6) is -0.440. The Hall–Kier alpha value is -2.66. The molecule has 2 amide bonds. The van der Waals surface area contributed by atoms with Crippen LogP contribution in [0.3, 0.4) is 0 Å². The highest BCUT2D eigenvalue weighted by atomic mass is 16.3. The Labute approximate surface area is 148 Å². The molecule has 0 aliphatic heterocycles. The predicted octanol–water partition coefficient (Wildman–Crippen LogP) is 3.22. The topological polar surface area (TPSA) is 78.4 Å². The zero-order chi connectivity index (χ0) is 18.3. The molecule has 3 N–H and O–H groups in total. The third kappa shape index (κ3) is 5.16. The van der Waals surface area contributed by atoms with E-state index >= 15 is 0 Å². The minimum atomic E-state index is -0.449. The van der Waals surface area contributed by atoms with Crippen molar-refractivity contribution in [1.82, 2.24) is 5.32 Å². The fourth-order valence-corrected chi connectivity index (χ4v) is 2.42. The Kier molecular flexibility index (Phi) is 6.31. The lowest BCUT2D eigenvalue weighted by Crippen LogP contribution is -2.46. The maximum atomic E-state index is 12.4. The quantitative estimate of drug-likeness (QED) is 0.724. The number of para-hydroxylation sites is 1. The van der Waals surface area contributed by atoms with Crippen LogP contribution in [0.5, 0.6) is 0 Å². The van der Waals surface area contributed by atoms with Crippen molar-refractivity contribution >= 4 is 17.5 Å². The lowest BCUT2D eigenvalue weighted by molar-refractivity contribution is 0.0885. The van der Waals surface area contributed by atoms with E-state index in [0.717, 1.165) is 12.1 Å². The number of aliphatic hydroxyl groups is 1. The number of aliphatic hydroxyl groups excluding tert-OH is 1. The molecule has 5 heteroatoms. The van der Waals surface area contributed by atoms with E-state index in [1.165, 1.54) is 0 Å². The molecule has 1 atom stereocenters. The van der Waals surface area contributed by atoms with Gasteiger partial charge in [-0.3, -0.25) is 9.59 Å². The number of hydrogen-bond acceptors (Lipinski definition) is 3. The monoisotopic (exact) mass is 340 g/mol. The number of amides is 2. The summed E-state index contributed by atoms with van der Waals surface area (Å²) in [5, 5.41) is 14.9. The highest BCUT2D eigenvalue weighted by molar-refractivity contribution is 6.05. The van der Waals surface area contributed by atoms with E-state index in [9.17, 15) is 9.59 Å². The van der Waals surface area contributed by atoms with Crippen molar-refractivity contribution in [2.75, 3.05) is 11.9 Å². The summed E-state index contributed by atoms with van der Waals surface area (Å²) in [6, 6.07) is 15.7. The second kappa shape index (κ2) is 8.44. The van der Waals surface area contributed by atoms with Crippen molar-refractivity contribution in [2.45, 2.75) is 32.2 Å². The summed E-state index contributed by atoms with van der Waals surface area (Å²) in [4.78, 5) is 24.6. The van der Waals surface area contributed by atoms with Gasteiger partial charge in [0.05, 0.1) is 0 Å². The van der Waals surface area contributed by atoms with Gasteiger partial charge in [0.25, 0.3) is 11.8 Å². The Balaban J connectivity index is 2.03. The smallest absolute Gasteiger partial charge is 0.255 e. The molecule has 0 fully saturated rings. The molecule has 0 aliphatic carbocycles. The third-order valence-corrected chi connectivity index (χ3v) is 4.30. The molecule has 0 bridgehead atoms.